The average Bonchev–Trinajstić information content (AvgIpc) is 3.37. The highest BCUT2D eigenvalue weighted by atomic mass is 15.0. The van der Waals surface area contributed by atoms with E-state index >= 15 is 0 Å². The molecule has 2 heteroatoms. The number of hydrogen-bond donors (Lipinski definition) is 0. The van der Waals surface area contributed by atoms with Crippen molar-refractivity contribution in [2.45, 2.75) is 0 Å². The third-order valence-electron chi connectivity index (χ3n) is 8.61. The van der Waals surface area contributed by atoms with Crippen LogP contribution < -0.4 is 0 Å². The molecule has 0 aliphatic heterocycles. The van der Waals surface area contributed by atoms with Crippen molar-refractivity contribution < 1.29 is 0 Å². The van der Waals surface area contributed by atoms with Crippen LogP contribution in [0.2, 0.25) is 0 Å². The molecule has 0 atom stereocenters. The van der Waals surface area contributed by atoms with Gasteiger partial charge in [-0.25, -0.2) is 0 Å². The maximum Gasteiger partial charge on any atom is 0.0787 e. The molecule has 6 aromatic carbocycles. The predicted molar refractivity (Wildman–Crippen MR) is 171 cm³/mol. The first-order valence-electron chi connectivity index (χ1n) is 14.1. The van der Waals surface area contributed by atoms with E-state index in [-0.39, 0.29) is 0 Å². The summed E-state index contributed by atoms with van der Waals surface area (Å²) >= 11 is 0. The first-order valence-corrected chi connectivity index (χ1v) is 14.1. The molecule has 2 aromatic heterocycles. The fraction of sp³-hybridized carbons (Fsp3) is 0. The Morgan fingerprint density at radius 3 is 1.59 bits per heavy atom. The number of fused-ring (bicyclic) bond motifs is 13. The molecule has 41 heavy (non-hydrogen) atoms. The lowest BCUT2D eigenvalue weighted by atomic mass is 9.79. The summed E-state index contributed by atoms with van der Waals surface area (Å²) in [4.78, 5) is 5.03. The Hall–Kier alpha value is -5.47. The second-order valence-electron chi connectivity index (χ2n) is 10.7. The molecule has 8 aromatic rings. The van der Waals surface area contributed by atoms with E-state index in [1.807, 2.05) is 12.3 Å². The van der Waals surface area contributed by atoms with Crippen LogP contribution in [0.4, 0.5) is 0 Å². The van der Waals surface area contributed by atoms with E-state index in [0.29, 0.717) is 0 Å². The van der Waals surface area contributed by atoms with Crippen LogP contribution >= 0.6 is 0 Å². The van der Waals surface area contributed by atoms with Gasteiger partial charge in [0.25, 0.3) is 0 Å². The molecule has 1 aliphatic carbocycles. The van der Waals surface area contributed by atoms with Crippen molar-refractivity contribution in [1.29, 1.82) is 0 Å². The molecule has 0 bridgehead atoms. The van der Waals surface area contributed by atoms with E-state index in [2.05, 4.69) is 138 Å². The molecule has 0 N–H and O–H groups in total. The molecule has 2 heterocycles. The molecule has 0 radical (unpaired) electrons. The van der Waals surface area contributed by atoms with Crippen LogP contribution in [0.5, 0.6) is 0 Å². The van der Waals surface area contributed by atoms with Crippen molar-refractivity contribution in [1.82, 2.24) is 9.55 Å². The van der Waals surface area contributed by atoms with Gasteiger partial charge in [-0.15, -0.1) is 0 Å². The van der Waals surface area contributed by atoms with Gasteiger partial charge in [-0.05, 0) is 57.6 Å². The van der Waals surface area contributed by atoms with E-state index in [0.717, 1.165) is 16.6 Å². The van der Waals surface area contributed by atoms with Gasteiger partial charge >= 0.3 is 0 Å². The van der Waals surface area contributed by atoms with E-state index in [4.69, 9.17) is 4.98 Å². The second kappa shape index (κ2) is 8.51. The summed E-state index contributed by atoms with van der Waals surface area (Å²) in [7, 11) is 0. The van der Waals surface area contributed by atoms with Crippen LogP contribution in [0.1, 0.15) is 0 Å². The molecular formula is C39H24N2. The highest BCUT2D eigenvalue weighted by Crippen LogP contribution is 2.51. The van der Waals surface area contributed by atoms with Gasteiger partial charge in [0.1, 0.15) is 0 Å². The molecule has 9 rings (SSSR count). The highest BCUT2D eigenvalue weighted by molar-refractivity contribution is 6.14. The fourth-order valence-electron chi connectivity index (χ4n) is 6.92. The second-order valence-corrected chi connectivity index (χ2v) is 10.7. The van der Waals surface area contributed by atoms with E-state index in [1.54, 1.807) is 0 Å². The van der Waals surface area contributed by atoms with Gasteiger partial charge in [-0.1, -0.05) is 115 Å². The standard InChI is InChI=1S/C39H24N2/c1-3-14-28-26(12-1)27-13-2-4-15-29(27)33-23-22-25-11-10-24-40-39(25)38(33)37-32(28)18-9-21-36(37)41-34-19-7-5-16-30(34)31-17-6-8-20-35(31)41/h1-24H. The summed E-state index contributed by atoms with van der Waals surface area (Å²) < 4.78 is 2.45. The normalized spacial score (nSPS) is 11.9. The molecule has 2 nitrogen and oxygen atoms in total. The van der Waals surface area contributed by atoms with Gasteiger partial charge in [0.2, 0.25) is 0 Å². The van der Waals surface area contributed by atoms with Gasteiger partial charge in [0.05, 0.1) is 22.2 Å². The van der Waals surface area contributed by atoms with Gasteiger partial charge < -0.3 is 4.57 Å². The molecule has 0 saturated carbocycles. The Morgan fingerprint density at radius 1 is 0.390 bits per heavy atom. The molecule has 0 fully saturated rings. The van der Waals surface area contributed by atoms with Crippen LogP contribution in [-0.2, 0) is 0 Å². The molecule has 0 unspecified atom stereocenters. The highest BCUT2D eigenvalue weighted by Gasteiger charge is 2.27. The summed E-state index contributed by atoms with van der Waals surface area (Å²) in [5, 5.41) is 3.66. The van der Waals surface area contributed by atoms with E-state index in [9.17, 15) is 0 Å². The van der Waals surface area contributed by atoms with Crippen molar-refractivity contribution >= 4 is 32.7 Å². The van der Waals surface area contributed by atoms with Crippen molar-refractivity contribution in [3.63, 3.8) is 0 Å². The van der Waals surface area contributed by atoms with E-state index < -0.39 is 0 Å². The van der Waals surface area contributed by atoms with Crippen molar-refractivity contribution in [2.24, 2.45) is 0 Å². The molecule has 0 spiro atoms. The SMILES string of the molecule is c1ccc2c(c1)-c1ccccc1-c1ccc3cccnc3c1-c1c-2cccc1-n1c2ccccc2c2ccccc21. The maximum absolute atomic E-state index is 5.03. The van der Waals surface area contributed by atoms with Gasteiger partial charge in [0, 0.05) is 33.5 Å². The van der Waals surface area contributed by atoms with Crippen molar-refractivity contribution in [3.8, 4) is 50.2 Å². The summed E-state index contributed by atoms with van der Waals surface area (Å²) in [6, 6.07) is 50.6. The van der Waals surface area contributed by atoms with Crippen molar-refractivity contribution in [2.75, 3.05) is 0 Å². The number of aromatic nitrogens is 2. The van der Waals surface area contributed by atoms with Gasteiger partial charge in [-0.3, -0.25) is 4.98 Å². The summed E-state index contributed by atoms with van der Waals surface area (Å²) in [6.07, 6.45) is 1.92. The quantitative estimate of drug-likeness (QED) is 0.210. The predicted octanol–water partition coefficient (Wildman–Crippen LogP) is 10.3. The smallest absolute Gasteiger partial charge is 0.0787 e. The number of hydrogen-bond acceptors (Lipinski definition) is 1. The van der Waals surface area contributed by atoms with Crippen LogP contribution in [0.25, 0.3) is 82.9 Å². The topological polar surface area (TPSA) is 17.8 Å². The lowest BCUT2D eigenvalue weighted by Crippen LogP contribution is -2.03. The van der Waals surface area contributed by atoms with Crippen molar-refractivity contribution in [3.05, 3.63) is 146 Å². The minimum Gasteiger partial charge on any atom is -0.309 e. The number of nitrogens with zero attached hydrogens (tertiary/aromatic N) is 2. The number of para-hydroxylation sites is 2. The molecule has 190 valence electrons. The first kappa shape index (κ1) is 22.4. The van der Waals surface area contributed by atoms with Crippen LogP contribution in [0, 0.1) is 0 Å². The zero-order valence-electron chi connectivity index (χ0n) is 22.3. The molecule has 0 amide bonds. The van der Waals surface area contributed by atoms with Gasteiger partial charge in [-0.2, -0.15) is 0 Å². The minimum absolute atomic E-state index is 1.02. The van der Waals surface area contributed by atoms with E-state index in [1.165, 1.54) is 66.3 Å². The van der Waals surface area contributed by atoms with Crippen LogP contribution in [0.3, 0.4) is 0 Å². The minimum atomic E-state index is 1.02. The third kappa shape index (κ3) is 3.10. The summed E-state index contributed by atoms with van der Waals surface area (Å²) in [5.41, 5.74) is 14.3. The zero-order chi connectivity index (χ0) is 26.9. The summed E-state index contributed by atoms with van der Waals surface area (Å²) in [6.45, 7) is 0. The van der Waals surface area contributed by atoms with Crippen LogP contribution in [0.15, 0.2) is 146 Å². The maximum atomic E-state index is 5.03. The van der Waals surface area contributed by atoms with Crippen LogP contribution in [-0.4, -0.2) is 9.55 Å². The fourth-order valence-corrected chi connectivity index (χ4v) is 6.92. The number of pyridine rings is 1. The Labute approximate surface area is 237 Å². The molecule has 0 saturated heterocycles. The third-order valence-corrected chi connectivity index (χ3v) is 8.61. The Kier molecular flexibility index (Phi) is 4.64. The lowest BCUT2D eigenvalue weighted by Gasteiger charge is -2.26. The zero-order valence-corrected chi connectivity index (χ0v) is 22.3. The number of rotatable bonds is 1. The van der Waals surface area contributed by atoms with Gasteiger partial charge in [0.15, 0.2) is 0 Å². The largest absolute Gasteiger partial charge is 0.309 e. The Bertz CT molecular complexity index is 2270. The molecule has 1 aliphatic rings. The lowest BCUT2D eigenvalue weighted by molar-refractivity contribution is 1.18. The first-order chi connectivity index (χ1) is 20.4. The Balaban J connectivity index is 1.54. The summed E-state index contributed by atoms with van der Waals surface area (Å²) in [5.74, 6) is 0. The number of benzene rings is 6. The average molecular weight is 521 g/mol. The monoisotopic (exact) mass is 520 g/mol. The molecular weight excluding hydrogens is 496 g/mol. The Morgan fingerprint density at radius 2 is 0.927 bits per heavy atom.